The molecule has 18 heavy (non-hydrogen) atoms. The molecule has 2 aliphatic carbocycles. The van der Waals surface area contributed by atoms with Crippen molar-refractivity contribution in [3.05, 3.63) is 0 Å². The number of nitrogens with two attached hydrogens (primary N) is 1. The van der Waals surface area contributed by atoms with Crippen LogP contribution in [0.3, 0.4) is 0 Å². The molecule has 1 saturated heterocycles. The highest BCUT2D eigenvalue weighted by Crippen LogP contribution is 2.39. The average Bonchev–Trinajstić information content (AvgIpc) is 3.13. The van der Waals surface area contributed by atoms with Crippen LogP contribution in [-0.2, 0) is 0 Å². The van der Waals surface area contributed by atoms with Gasteiger partial charge in [-0.05, 0) is 56.9 Å². The monoisotopic (exact) mass is 250 g/mol. The molecule has 1 heterocycles. The molecule has 0 aromatic rings. The van der Waals surface area contributed by atoms with Crippen molar-refractivity contribution < 1.29 is 0 Å². The van der Waals surface area contributed by atoms with Crippen LogP contribution in [0.5, 0.6) is 0 Å². The lowest BCUT2D eigenvalue weighted by Crippen LogP contribution is -2.49. The van der Waals surface area contributed by atoms with E-state index < -0.39 is 0 Å². The number of hydrogen-bond donors (Lipinski definition) is 1. The second-order valence-electron chi connectivity index (χ2n) is 6.84. The minimum atomic E-state index is 0.709. The Balaban J connectivity index is 1.67. The minimum Gasteiger partial charge on any atom is -0.329 e. The van der Waals surface area contributed by atoms with E-state index in [1.165, 1.54) is 70.8 Å². The topological polar surface area (TPSA) is 29.3 Å². The molecule has 104 valence electrons. The molecule has 2 atom stereocenters. The predicted octanol–water partition coefficient (Wildman–Crippen LogP) is 3.16. The van der Waals surface area contributed by atoms with E-state index >= 15 is 0 Å². The van der Waals surface area contributed by atoms with Gasteiger partial charge in [-0.25, -0.2) is 0 Å². The fourth-order valence-corrected chi connectivity index (χ4v) is 5.02. The zero-order valence-electron chi connectivity index (χ0n) is 11.8. The summed E-state index contributed by atoms with van der Waals surface area (Å²) in [6.07, 6.45) is 14.6. The lowest BCUT2D eigenvalue weighted by Gasteiger charge is -2.38. The third-order valence-corrected chi connectivity index (χ3v) is 5.90. The molecule has 2 saturated carbocycles. The molecule has 0 amide bonds. The number of hydrogen-bond acceptors (Lipinski definition) is 2. The Labute approximate surface area is 112 Å². The van der Waals surface area contributed by atoms with Crippen LogP contribution >= 0.6 is 0 Å². The molecule has 2 N–H and O–H groups in total. The van der Waals surface area contributed by atoms with Crippen molar-refractivity contribution in [1.82, 2.24) is 4.90 Å². The summed E-state index contributed by atoms with van der Waals surface area (Å²) in [7, 11) is 0. The highest BCUT2D eigenvalue weighted by atomic mass is 15.2. The van der Waals surface area contributed by atoms with Gasteiger partial charge >= 0.3 is 0 Å². The molecule has 0 aromatic heterocycles. The van der Waals surface area contributed by atoms with E-state index in [1.807, 2.05) is 0 Å². The maximum Gasteiger partial charge on any atom is 0.0249 e. The molecule has 0 spiro atoms. The molecule has 3 aliphatic rings. The van der Waals surface area contributed by atoms with E-state index in [2.05, 4.69) is 4.90 Å². The van der Waals surface area contributed by atoms with Crippen LogP contribution in [0, 0.1) is 11.8 Å². The van der Waals surface area contributed by atoms with Gasteiger partial charge in [0.05, 0.1) is 0 Å². The lowest BCUT2D eigenvalue weighted by molar-refractivity contribution is 0.100. The largest absolute Gasteiger partial charge is 0.329 e. The molecule has 2 heteroatoms. The van der Waals surface area contributed by atoms with E-state index in [-0.39, 0.29) is 0 Å². The molecule has 0 bridgehead atoms. The smallest absolute Gasteiger partial charge is 0.0249 e. The van der Waals surface area contributed by atoms with Crippen LogP contribution in [0.15, 0.2) is 0 Å². The maximum atomic E-state index is 6.15. The fourth-order valence-electron chi connectivity index (χ4n) is 5.02. The molecule has 3 rings (SSSR count). The van der Waals surface area contributed by atoms with Gasteiger partial charge in [0.15, 0.2) is 0 Å². The molecule has 3 fully saturated rings. The summed E-state index contributed by atoms with van der Waals surface area (Å²) in [5, 5.41) is 0. The Morgan fingerprint density at radius 3 is 2.22 bits per heavy atom. The van der Waals surface area contributed by atoms with Crippen molar-refractivity contribution in [2.45, 2.75) is 76.3 Å². The van der Waals surface area contributed by atoms with Gasteiger partial charge in [0, 0.05) is 18.6 Å². The van der Waals surface area contributed by atoms with Crippen LogP contribution < -0.4 is 5.73 Å². The van der Waals surface area contributed by atoms with Crippen molar-refractivity contribution in [1.29, 1.82) is 0 Å². The Kier molecular flexibility index (Phi) is 4.25. The number of rotatable bonds is 4. The Morgan fingerprint density at radius 2 is 1.56 bits per heavy atom. The first-order valence-corrected chi connectivity index (χ1v) is 8.36. The summed E-state index contributed by atoms with van der Waals surface area (Å²) in [6.45, 7) is 2.23. The van der Waals surface area contributed by atoms with Crippen LogP contribution in [0.25, 0.3) is 0 Å². The second-order valence-corrected chi connectivity index (χ2v) is 6.84. The standard InChI is InChI=1S/C16H30N2/c17-12-16(14-8-3-4-9-14)18-11-5-10-15(18)13-6-1-2-7-13/h13-16H,1-12,17H2. The average molecular weight is 250 g/mol. The highest BCUT2D eigenvalue weighted by molar-refractivity contribution is 4.94. The summed E-state index contributed by atoms with van der Waals surface area (Å²) < 4.78 is 0. The second kappa shape index (κ2) is 5.92. The van der Waals surface area contributed by atoms with Crippen LogP contribution in [-0.4, -0.2) is 30.1 Å². The highest BCUT2D eigenvalue weighted by Gasteiger charge is 2.39. The number of nitrogens with zero attached hydrogens (tertiary/aromatic N) is 1. The van der Waals surface area contributed by atoms with Gasteiger partial charge < -0.3 is 5.73 Å². The Morgan fingerprint density at radius 1 is 0.889 bits per heavy atom. The van der Waals surface area contributed by atoms with E-state index in [0.717, 1.165) is 24.4 Å². The fraction of sp³-hybridized carbons (Fsp3) is 1.00. The van der Waals surface area contributed by atoms with Gasteiger partial charge in [0.25, 0.3) is 0 Å². The lowest BCUT2D eigenvalue weighted by atomic mass is 9.91. The molecule has 0 aromatic carbocycles. The van der Waals surface area contributed by atoms with E-state index in [1.54, 1.807) is 0 Å². The van der Waals surface area contributed by atoms with E-state index in [9.17, 15) is 0 Å². The summed E-state index contributed by atoms with van der Waals surface area (Å²) in [5.41, 5.74) is 6.15. The van der Waals surface area contributed by atoms with Gasteiger partial charge in [0.2, 0.25) is 0 Å². The quantitative estimate of drug-likeness (QED) is 0.830. The molecule has 1 aliphatic heterocycles. The molecular weight excluding hydrogens is 220 g/mol. The normalized spacial score (nSPS) is 33.5. The van der Waals surface area contributed by atoms with Crippen molar-refractivity contribution in [3.63, 3.8) is 0 Å². The van der Waals surface area contributed by atoms with Crippen LogP contribution in [0.1, 0.15) is 64.2 Å². The predicted molar refractivity (Wildman–Crippen MR) is 76.5 cm³/mol. The molecule has 2 unspecified atom stereocenters. The van der Waals surface area contributed by atoms with Gasteiger partial charge in [-0.3, -0.25) is 4.90 Å². The van der Waals surface area contributed by atoms with Crippen molar-refractivity contribution >= 4 is 0 Å². The molecule has 2 nitrogen and oxygen atoms in total. The maximum absolute atomic E-state index is 6.15. The molecular formula is C16H30N2. The van der Waals surface area contributed by atoms with Gasteiger partial charge in [0.1, 0.15) is 0 Å². The minimum absolute atomic E-state index is 0.709. The summed E-state index contributed by atoms with van der Waals surface area (Å²) in [4.78, 5) is 2.85. The Bertz CT molecular complexity index is 254. The van der Waals surface area contributed by atoms with Crippen LogP contribution in [0.4, 0.5) is 0 Å². The van der Waals surface area contributed by atoms with Crippen molar-refractivity contribution in [2.24, 2.45) is 17.6 Å². The first-order valence-electron chi connectivity index (χ1n) is 8.36. The zero-order chi connectivity index (χ0) is 12.4. The van der Waals surface area contributed by atoms with Crippen molar-refractivity contribution in [2.75, 3.05) is 13.1 Å². The number of likely N-dealkylation sites (tertiary alicyclic amines) is 1. The first kappa shape index (κ1) is 12.9. The Hall–Kier alpha value is -0.0800. The van der Waals surface area contributed by atoms with Gasteiger partial charge in [-0.1, -0.05) is 25.7 Å². The third-order valence-electron chi connectivity index (χ3n) is 5.90. The summed E-state index contributed by atoms with van der Waals surface area (Å²) in [6, 6.07) is 1.60. The van der Waals surface area contributed by atoms with E-state index in [4.69, 9.17) is 5.73 Å². The zero-order valence-corrected chi connectivity index (χ0v) is 11.8. The molecule has 0 radical (unpaired) electrons. The van der Waals surface area contributed by atoms with E-state index in [0.29, 0.717) is 6.04 Å². The third kappa shape index (κ3) is 2.46. The summed E-state index contributed by atoms with van der Waals surface area (Å²) in [5.74, 6) is 1.92. The van der Waals surface area contributed by atoms with Crippen LogP contribution in [0.2, 0.25) is 0 Å². The SMILES string of the molecule is NCC(C1CCCC1)N1CCCC1C1CCCC1. The van der Waals surface area contributed by atoms with Gasteiger partial charge in [-0.15, -0.1) is 0 Å². The van der Waals surface area contributed by atoms with Crippen molar-refractivity contribution in [3.8, 4) is 0 Å². The summed E-state index contributed by atoms with van der Waals surface area (Å²) >= 11 is 0. The van der Waals surface area contributed by atoms with Gasteiger partial charge in [-0.2, -0.15) is 0 Å². The first-order chi connectivity index (χ1) is 8.90.